The molecule has 2 aliphatic rings. The first-order valence-electron chi connectivity index (χ1n) is 10.3. The van der Waals surface area contributed by atoms with Crippen LogP contribution in [0.25, 0.3) is 5.69 Å². The third kappa shape index (κ3) is 3.92. The van der Waals surface area contributed by atoms with Crippen LogP contribution in [0.1, 0.15) is 25.8 Å². The van der Waals surface area contributed by atoms with E-state index in [2.05, 4.69) is 23.8 Å². The molecular formula is C22H29N5O2. The number of hydrogen-bond donors (Lipinski definition) is 0. The molecule has 0 radical (unpaired) electrons. The molecule has 0 N–H and O–H groups in total. The van der Waals surface area contributed by atoms with E-state index in [-0.39, 0.29) is 23.9 Å². The fourth-order valence-corrected chi connectivity index (χ4v) is 4.33. The second-order valence-electron chi connectivity index (χ2n) is 8.51. The molecule has 1 aromatic carbocycles. The molecule has 7 heteroatoms. The van der Waals surface area contributed by atoms with Crippen molar-refractivity contribution in [3.63, 3.8) is 0 Å². The maximum absolute atomic E-state index is 13.0. The predicted molar refractivity (Wildman–Crippen MR) is 110 cm³/mol. The first-order chi connectivity index (χ1) is 13.9. The van der Waals surface area contributed by atoms with Gasteiger partial charge >= 0.3 is 0 Å². The van der Waals surface area contributed by atoms with Gasteiger partial charge in [0, 0.05) is 45.0 Å². The van der Waals surface area contributed by atoms with Gasteiger partial charge in [0.15, 0.2) is 0 Å². The number of carbonyl (C=O) groups excluding carboxylic acids is 2. The minimum absolute atomic E-state index is 0.0555. The van der Waals surface area contributed by atoms with Crippen LogP contribution >= 0.6 is 0 Å². The Balaban J connectivity index is 1.43. The van der Waals surface area contributed by atoms with Crippen LogP contribution < -0.4 is 0 Å². The number of aromatic nitrogens is 2. The van der Waals surface area contributed by atoms with Crippen molar-refractivity contribution in [2.75, 3.05) is 26.7 Å². The van der Waals surface area contributed by atoms with Gasteiger partial charge in [0.05, 0.1) is 11.9 Å². The molecular weight excluding hydrogens is 366 g/mol. The smallest absolute Gasteiger partial charge is 0.247 e. The van der Waals surface area contributed by atoms with Crippen LogP contribution in [0, 0.1) is 5.92 Å². The van der Waals surface area contributed by atoms with E-state index in [4.69, 9.17) is 0 Å². The summed E-state index contributed by atoms with van der Waals surface area (Å²) in [5.74, 6) is 0.528. The molecule has 3 heterocycles. The molecule has 0 aliphatic carbocycles. The minimum atomic E-state index is -0.381. The molecule has 2 atom stereocenters. The Kier molecular flexibility index (Phi) is 5.41. The lowest BCUT2D eigenvalue weighted by Gasteiger charge is -2.48. The summed E-state index contributed by atoms with van der Waals surface area (Å²) in [6.07, 6.45) is 4.62. The van der Waals surface area contributed by atoms with Gasteiger partial charge in [-0.15, -0.1) is 0 Å². The molecule has 2 saturated heterocycles. The lowest BCUT2D eigenvalue weighted by molar-refractivity contribution is -0.164. The molecule has 0 spiro atoms. The summed E-state index contributed by atoms with van der Waals surface area (Å²) in [7, 11) is 1.77. The molecule has 1 aromatic heterocycles. The number of carbonyl (C=O) groups is 2. The van der Waals surface area contributed by atoms with Gasteiger partial charge < -0.3 is 9.80 Å². The molecule has 2 aliphatic heterocycles. The Morgan fingerprint density at radius 1 is 1.10 bits per heavy atom. The SMILES string of the molecule is CC(C)C[C@H]1C(=O)N2CCN(Cc3cnn(-c4ccccc4)c3)C[C@@H]2C(=O)N1C. The van der Waals surface area contributed by atoms with Gasteiger partial charge in [0.1, 0.15) is 12.1 Å². The van der Waals surface area contributed by atoms with Crippen LogP contribution in [-0.2, 0) is 16.1 Å². The van der Waals surface area contributed by atoms with Gasteiger partial charge in [0.2, 0.25) is 11.8 Å². The minimum Gasteiger partial charge on any atom is -0.332 e. The number of benzene rings is 1. The van der Waals surface area contributed by atoms with E-state index in [0.29, 0.717) is 25.4 Å². The topological polar surface area (TPSA) is 61.7 Å². The van der Waals surface area contributed by atoms with Gasteiger partial charge in [-0.05, 0) is 24.5 Å². The fourth-order valence-electron chi connectivity index (χ4n) is 4.33. The summed E-state index contributed by atoms with van der Waals surface area (Å²) in [4.78, 5) is 31.7. The van der Waals surface area contributed by atoms with E-state index in [1.54, 1.807) is 16.8 Å². The molecule has 2 fully saturated rings. The van der Waals surface area contributed by atoms with Gasteiger partial charge in [-0.25, -0.2) is 4.68 Å². The highest BCUT2D eigenvalue weighted by atomic mass is 16.2. The van der Waals surface area contributed by atoms with Crippen LogP contribution in [0.3, 0.4) is 0 Å². The number of para-hydroxylation sites is 1. The zero-order valence-corrected chi connectivity index (χ0v) is 17.4. The zero-order valence-electron chi connectivity index (χ0n) is 17.4. The normalized spacial score (nSPS) is 23.0. The molecule has 0 bridgehead atoms. The Morgan fingerprint density at radius 3 is 2.59 bits per heavy atom. The maximum atomic E-state index is 13.0. The second-order valence-corrected chi connectivity index (χ2v) is 8.51. The molecule has 2 amide bonds. The third-order valence-electron chi connectivity index (χ3n) is 5.89. The Hall–Kier alpha value is -2.67. The molecule has 0 saturated carbocycles. The second kappa shape index (κ2) is 7.99. The Morgan fingerprint density at radius 2 is 1.86 bits per heavy atom. The maximum Gasteiger partial charge on any atom is 0.247 e. The number of rotatable bonds is 5. The van der Waals surface area contributed by atoms with Crippen molar-refractivity contribution in [1.29, 1.82) is 0 Å². The average molecular weight is 396 g/mol. The summed E-state index contributed by atoms with van der Waals surface area (Å²) < 4.78 is 1.87. The van der Waals surface area contributed by atoms with E-state index in [0.717, 1.165) is 24.3 Å². The van der Waals surface area contributed by atoms with Crippen LogP contribution in [-0.4, -0.2) is 75.1 Å². The van der Waals surface area contributed by atoms with Crippen molar-refractivity contribution in [2.24, 2.45) is 5.92 Å². The lowest BCUT2D eigenvalue weighted by atomic mass is 9.95. The van der Waals surface area contributed by atoms with E-state index in [1.165, 1.54) is 0 Å². The highest BCUT2D eigenvalue weighted by molar-refractivity contribution is 5.97. The van der Waals surface area contributed by atoms with E-state index in [9.17, 15) is 9.59 Å². The van der Waals surface area contributed by atoms with E-state index < -0.39 is 0 Å². The van der Waals surface area contributed by atoms with Crippen LogP contribution in [0.2, 0.25) is 0 Å². The van der Waals surface area contributed by atoms with Crippen molar-refractivity contribution < 1.29 is 9.59 Å². The van der Waals surface area contributed by atoms with E-state index >= 15 is 0 Å². The zero-order chi connectivity index (χ0) is 20.5. The average Bonchev–Trinajstić information content (AvgIpc) is 3.18. The van der Waals surface area contributed by atoms with Crippen molar-refractivity contribution in [3.05, 3.63) is 48.3 Å². The number of nitrogens with zero attached hydrogens (tertiary/aromatic N) is 5. The third-order valence-corrected chi connectivity index (χ3v) is 5.89. The Labute approximate surface area is 171 Å². The van der Waals surface area contributed by atoms with Gasteiger partial charge in [-0.2, -0.15) is 5.10 Å². The predicted octanol–water partition coefficient (Wildman–Crippen LogP) is 1.77. The van der Waals surface area contributed by atoms with Gasteiger partial charge in [-0.1, -0.05) is 32.0 Å². The summed E-state index contributed by atoms with van der Waals surface area (Å²) >= 11 is 0. The number of fused-ring (bicyclic) bond motifs is 1. The fraction of sp³-hybridized carbons (Fsp3) is 0.500. The first-order valence-corrected chi connectivity index (χ1v) is 10.3. The van der Waals surface area contributed by atoms with Gasteiger partial charge in [0.25, 0.3) is 0 Å². The quantitative estimate of drug-likeness (QED) is 0.774. The van der Waals surface area contributed by atoms with Crippen molar-refractivity contribution in [1.82, 2.24) is 24.5 Å². The van der Waals surface area contributed by atoms with Crippen molar-refractivity contribution >= 4 is 11.8 Å². The summed E-state index contributed by atoms with van der Waals surface area (Å²) in [6, 6.07) is 9.30. The summed E-state index contributed by atoms with van der Waals surface area (Å²) in [5, 5.41) is 4.46. The summed E-state index contributed by atoms with van der Waals surface area (Å²) in [5.41, 5.74) is 2.12. The molecule has 154 valence electrons. The molecule has 7 nitrogen and oxygen atoms in total. The van der Waals surface area contributed by atoms with Crippen LogP contribution in [0.5, 0.6) is 0 Å². The largest absolute Gasteiger partial charge is 0.332 e. The Bertz CT molecular complexity index is 878. The summed E-state index contributed by atoms with van der Waals surface area (Å²) in [6.45, 7) is 6.84. The standard InChI is InChI=1S/C22H29N5O2/c1-16(2)11-19-22(29)26-10-9-25(15-20(26)21(28)24(19)3)13-17-12-23-27(14-17)18-7-5-4-6-8-18/h4-8,12,14,16,19-20H,9-11,13,15H2,1-3H3/t19-,20+/m0/s1. The molecule has 4 rings (SSSR count). The van der Waals surface area contributed by atoms with Crippen molar-refractivity contribution in [2.45, 2.75) is 38.9 Å². The van der Waals surface area contributed by atoms with Crippen LogP contribution in [0.15, 0.2) is 42.7 Å². The highest BCUT2D eigenvalue weighted by Gasteiger charge is 2.46. The lowest BCUT2D eigenvalue weighted by Crippen LogP contribution is -2.69. The number of piperazine rings is 2. The van der Waals surface area contributed by atoms with Crippen LogP contribution in [0.4, 0.5) is 0 Å². The van der Waals surface area contributed by atoms with E-state index in [1.807, 2.05) is 47.4 Å². The molecule has 0 unspecified atom stereocenters. The molecule has 2 aromatic rings. The number of hydrogen-bond acceptors (Lipinski definition) is 4. The van der Waals surface area contributed by atoms with Gasteiger partial charge in [-0.3, -0.25) is 14.5 Å². The number of amides is 2. The number of likely N-dealkylation sites (N-methyl/N-ethyl adjacent to an activating group) is 1. The monoisotopic (exact) mass is 395 g/mol. The van der Waals surface area contributed by atoms with Crippen molar-refractivity contribution in [3.8, 4) is 5.69 Å². The molecule has 29 heavy (non-hydrogen) atoms. The highest BCUT2D eigenvalue weighted by Crippen LogP contribution is 2.25. The first kappa shape index (κ1) is 19.6.